The van der Waals surface area contributed by atoms with E-state index in [4.69, 9.17) is 4.52 Å². The van der Waals surface area contributed by atoms with Crippen LogP contribution in [-0.4, -0.2) is 34.7 Å². The lowest BCUT2D eigenvalue weighted by Crippen LogP contribution is -2.45. The van der Waals surface area contributed by atoms with Gasteiger partial charge in [0.2, 0.25) is 7.37 Å². The quantitative estimate of drug-likeness (QED) is 0.245. The van der Waals surface area contributed by atoms with Gasteiger partial charge in [0.05, 0.1) is 6.61 Å². The summed E-state index contributed by atoms with van der Waals surface area (Å²) in [6.07, 6.45) is 2.27. The van der Waals surface area contributed by atoms with Gasteiger partial charge in [0.15, 0.2) is 0 Å². The Kier molecular flexibility index (Phi) is 9.65. The lowest BCUT2D eigenvalue weighted by Gasteiger charge is -2.38. The zero-order valence-corrected chi connectivity index (χ0v) is 20.2. The molecular formula is C28H34NO3P. The summed E-state index contributed by atoms with van der Waals surface area (Å²) in [4.78, 5) is 2.22. The lowest BCUT2D eigenvalue weighted by atomic mass is 10.0. The number of hydrogen-bond donors (Lipinski definition) is 1. The molecule has 0 amide bonds. The predicted molar refractivity (Wildman–Crippen MR) is 136 cm³/mol. The molecule has 174 valence electrons. The number of rotatable bonds is 13. The van der Waals surface area contributed by atoms with Crippen molar-refractivity contribution in [3.05, 3.63) is 120 Å². The van der Waals surface area contributed by atoms with Gasteiger partial charge in [0.25, 0.3) is 0 Å². The van der Waals surface area contributed by atoms with Gasteiger partial charge in [-0.2, -0.15) is 0 Å². The van der Waals surface area contributed by atoms with Crippen molar-refractivity contribution in [3.63, 3.8) is 0 Å². The maximum absolute atomic E-state index is 13.8. The molecule has 1 N–H and O–H groups in total. The highest BCUT2D eigenvalue weighted by atomic mass is 31.2. The fraction of sp³-hybridized carbons (Fsp3) is 0.286. The molecule has 0 bridgehead atoms. The van der Waals surface area contributed by atoms with Gasteiger partial charge < -0.3 is 9.63 Å². The van der Waals surface area contributed by atoms with E-state index in [-0.39, 0.29) is 12.8 Å². The molecule has 3 aromatic carbocycles. The van der Waals surface area contributed by atoms with E-state index in [0.717, 1.165) is 16.7 Å². The van der Waals surface area contributed by atoms with E-state index >= 15 is 0 Å². The second kappa shape index (κ2) is 12.7. The molecule has 0 radical (unpaired) electrons. The van der Waals surface area contributed by atoms with Crippen LogP contribution in [0.1, 0.15) is 23.6 Å². The van der Waals surface area contributed by atoms with Crippen LogP contribution < -0.4 is 0 Å². The second-order valence-corrected chi connectivity index (χ2v) is 10.8. The van der Waals surface area contributed by atoms with Crippen LogP contribution in [0.2, 0.25) is 0 Å². The summed E-state index contributed by atoms with van der Waals surface area (Å²) in [5.74, 6) is -1.15. The summed E-state index contributed by atoms with van der Waals surface area (Å²) in [6, 6.07) is 30.0. The Bertz CT molecular complexity index is 970. The third kappa shape index (κ3) is 7.25. The van der Waals surface area contributed by atoms with Crippen LogP contribution >= 0.6 is 7.37 Å². The first kappa shape index (κ1) is 25.1. The zero-order chi connectivity index (χ0) is 23.5. The summed E-state index contributed by atoms with van der Waals surface area (Å²) < 4.78 is 19.5. The van der Waals surface area contributed by atoms with Crippen molar-refractivity contribution in [2.75, 3.05) is 12.8 Å². The predicted octanol–water partition coefficient (Wildman–Crippen LogP) is 6.12. The van der Waals surface area contributed by atoms with Gasteiger partial charge in [0, 0.05) is 25.3 Å². The minimum atomic E-state index is -3.37. The van der Waals surface area contributed by atoms with Crippen molar-refractivity contribution < 1.29 is 14.2 Å². The summed E-state index contributed by atoms with van der Waals surface area (Å²) >= 11 is 0. The number of aliphatic hydroxyl groups is 1. The Balaban J connectivity index is 2.02. The molecule has 0 fully saturated rings. The summed E-state index contributed by atoms with van der Waals surface area (Å²) in [5, 5.41) is 11.6. The monoisotopic (exact) mass is 463 g/mol. The molecular weight excluding hydrogens is 429 g/mol. The van der Waals surface area contributed by atoms with Crippen LogP contribution in [0, 0.1) is 0 Å². The largest absolute Gasteiger partial charge is 0.381 e. The van der Waals surface area contributed by atoms with Crippen LogP contribution in [0.3, 0.4) is 0 Å². The fourth-order valence-corrected chi connectivity index (χ4v) is 6.19. The van der Waals surface area contributed by atoms with Gasteiger partial charge in [-0.3, -0.25) is 9.46 Å². The highest BCUT2D eigenvalue weighted by Crippen LogP contribution is 2.53. The smallest absolute Gasteiger partial charge is 0.235 e. The van der Waals surface area contributed by atoms with Gasteiger partial charge in [-0.25, -0.2) is 0 Å². The highest BCUT2D eigenvalue weighted by Gasteiger charge is 2.40. The molecule has 0 aliphatic rings. The average molecular weight is 464 g/mol. The molecule has 4 nitrogen and oxygen atoms in total. The molecule has 3 atom stereocenters. The van der Waals surface area contributed by atoms with Crippen molar-refractivity contribution in [1.29, 1.82) is 0 Å². The van der Waals surface area contributed by atoms with Crippen molar-refractivity contribution in [2.24, 2.45) is 0 Å². The summed E-state index contributed by atoms with van der Waals surface area (Å²) in [7, 11) is -3.37. The molecule has 0 spiro atoms. The van der Waals surface area contributed by atoms with Crippen molar-refractivity contribution in [1.82, 2.24) is 4.90 Å². The lowest BCUT2D eigenvalue weighted by molar-refractivity contribution is 0.0737. The van der Waals surface area contributed by atoms with E-state index in [1.165, 1.54) is 0 Å². The zero-order valence-electron chi connectivity index (χ0n) is 19.3. The van der Waals surface area contributed by atoms with E-state index < -0.39 is 19.3 Å². The van der Waals surface area contributed by atoms with Crippen LogP contribution in [0.4, 0.5) is 0 Å². The van der Waals surface area contributed by atoms with E-state index in [2.05, 4.69) is 35.7 Å². The first-order chi connectivity index (χ1) is 16.1. The minimum absolute atomic E-state index is 0.137. The van der Waals surface area contributed by atoms with E-state index in [1.54, 1.807) is 13.0 Å². The fourth-order valence-electron chi connectivity index (χ4n) is 4.10. The average Bonchev–Trinajstić information content (AvgIpc) is 2.84. The highest BCUT2D eigenvalue weighted by molar-refractivity contribution is 7.59. The number of allylic oxidation sites excluding steroid dienone is 1. The normalized spacial score (nSPS) is 15.0. The number of benzene rings is 3. The summed E-state index contributed by atoms with van der Waals surface area (Å²) in [6.45, 7) is 7.07. The van der Waals surface area contributed by atoms with Gasteiger partial charge >= 0.3 is 0 Å². The Labute approximate surface area is 198 Å². The minimum Gasteiger partial charge on any atom is -0.381 e. The van der Waals surface area contributed by atoms with Crippen LogP contribution in [0.15, 0.2) is 104 Å². The van der Waals surface area contributed by atoms with Crippen molar-refractivity contribution in [3.8, 4) is 0 Å². The molecule has 0 saturated carbocycles. The molecule has 0 aliphatic heterocycles. The van der Waals surface area contributed by atoms with Crippen LogP contribution in [-0.2, 0) is 28.6 Å². The third-order valence-corrected chi connectivity index (χ3v) is 8.30. The van der Waals surface area contributed by atoms with E-state index in [0.29, 0.717) is 19.5 Å². The SMILES string of the molecule is C=CCP(=O)(OCC)[C@H](O)[C@H](Cc1ccccc1)N(Cc1ccccc1)Cc1ccccc1. The summed E-state index contributed by atoms with van der Waals surface area (Å²) in [5.41, 5.74) is 3.34. The molecule has 0 aliphatic carbocycles. The Morgan fingerprint density at radius 3 is 1.76 bits per heavy atom. The molecule has 0 aromatic heterocycles. The maximum Gasteiger partial charge on any atom is 0.235 e. The Morgan fingerprint density at radius 1 is 0.879 bits per heavy atom. The molecule has 0 saturated heterocycles. The number of hydrogen-bond acceptors (Lipinski definition) is 4. The van der Waals surface area contributed by atoms with E-state index in [1.807, 2.05) is 66.7 Å². The number of aliphatic hydroxyl groups excluding tert-OH is 1. The third-order valence-electron chi connectivity index (χ3n) is 5.69. The maximum atomic E-state index is 13.8. The molecule has 0 heterocycles. The van der Waals surface area contributed by atoms with Gasteiger partial charge in [-0.05, 0) is 30.0 Å². The first-order valence-electron chi connectivity index (χ1n) is 11.4. The van der Waals surface area contributed by atoms with Gasteiger partial charge in [-0.15, -0.1) is 6.58 Å². The number of nitrogens with zero attached hydrogens (tertiary/aromatic N) is 1. The standard InChI is InChI=1S/C28H34NO3P/c1-3-20-33(31,32-4-2)28(30)27(21-24-14-8-5-9-15-24)29(22-25-16-10-6-11-17-25)23-26-18-12-7-13-19-26/h3,5-19,27-28,30H,1,4,20-23H2,2H3/t27-,28-,33?/m0/s1. The van der Waals surface area contributed by atoms with Crippen molar-refractivity contribution >= 4 is 7.37 Å². The van der Waals surface area contributed by atoms with Gasteiger partial charge in [0.1, 0.15) is 5.85 Å². The van der Waals surface area contributed by atoms with E-state index in [9.17, 15) is 9.67 Å². The van der Waals surface area contributed by atoms with Crippen LogP contribution in [0.5, 0.6) is 0 Å². The molecule has 5 heteroatoms. The first-order valence-corrected chi connectivity index (χ1v) is 13.3. The molecule has 3 aromatic rings. The van der Waals surface area contributed by atoms with Crippen molar-refractivity contribution in [2.45, 2.75) is 38.3 Å². The Morgan fingerprint density at radius 2 is 1.33 bits per heavy atom. The van der Waals surface area contributed by atoms with Crippen LogP contribution in [0.25, 0.3) is 0 Å². The molecule has 1 unspecified atom stereocenters. The topological polar surface area (TPSA) is 49.8 Å². The van der Waals surface area contributed by atoms with Gasteiger partial charge in [-0.1, -0.05) is 97.1 Å². The Hall–Kier alpha value is -2.49. The molecule has 3 rings (SSSR count). The second-order valence-electron chi connectivity index (χ2n) is 8.16. The molecule has 33 heavy (non-hydrogen) atoms.